The summed E-state index contributed by atoms with van der Waals surface area (Å²) in [4.78, 5) is 40.0. The molecule has 37 heavy (non-hydrogen) atoms. The highest BCUT2D eigenvalue weighted by molar-refractivity contribution is 7.12. The molecule has 4 amide bonds. The zero-order chi connectivity index (χ0) is 26.2. The number of carbonyl (C=O) groups excluding carboxylic acids is 3. The Labute approximate surface area is 220 Å². The van der Waals surface area contributed by atoms with Crippen LogP contribution in [0.1, 0.15) is 55.5 Å². The van der Waals surface area contributed by atoms with E-state index in [4.69, 9.17) is 5.26 Å². The van der Waals surface area contributed by atoms with E-state index in [1.165, 1.54) is 16.9 Å². The molecule has 0 radical (unpaired) electrons. The number of piperidine rings is 1. The minimum absolute atomic E-state index is 0.0574. The zero-order valence-electron chi connectivity index (χ0n) is 20.6. The highest BCUT2D eigenvalue weighted by Crippen LogP contribution is 2.29. The van der Waals surface area contributed by atoms with Gasteiger partial charge in [0.1, 0.15) is 0 Å². The van der Waals surface area contributed by atoms with Crippen LogP contribution in [-0.2, 0) is 0 Å². The van der Waals surface area contributed by atoms with Gasteiger partial charge in [-0.3, -0.25) is 9.59 Å². The second kappa shape index (κ2) is 12.2. The number of hydrogen-bond donors (Lipinski definition) is 3. The Hall–Kier alpha value is -4.16. The number of carbonyl (C=O) groups is 3. The number of anilines is 1. The van der Waals surface area contributed by atoms with Crippen LogP contribution in [0.4, 0.5) is 10.5 Å². The fraction of sp³-hybridized carbons (Fsp3) is 0.286. The van der Waals surface area contributed by atoms with Gasteiger partial charge in [0, 0.05) is 37.4 Å². The molecule has 190 valence electrons. The molecule has 4 rings (SSSR count). The second-order valence-electron chi connectivity index (χ2n) is 8.94. The van der Waals surface area contributed by atoms with Gasteiger partial charge in [-0.1, -0.05) is 24.3 Å². The SMILES string of the molecule is Cc1ccc(C(=O)N2CCC(c3ccc(C#N)cc3)CC2)cc1NC(=O)NCCNC(=O)c1cccs1. The summed E-state index contributed by atoms with van der Waals surface area (Å²) in [6.07, 6.45) is 1.72. The first-order valence-corrected chi connectivity index (χ1v) is 13.1. The highest BCUT2D eigenvalue weighted by Gasteiger charge is 2.25. The van der Waals surface area contributed by atoms with E-state index in [2.05, 4.69) is 22.0 Å². The highest BCUT2D eigenvalue weighted by atomic mass is 32.1. The molecule has 1 fully saturated rings. The minimum Gasteiger partial charge on any atom is -0.350 e. The van der Waals surface area contributed by atoms with Gasteiger partial charge in [0.15, 0.2) is 0 Å². The maximum Gasteiger partial charge on any atom is 0.319 e. The first kappa shape index (κ1) is 25.9. The Morgan fingerprint density at radius 3 is 2.43 bits per heavy atom. The van der Waals surface area contributed by atoms with Gasteiger partial charge < -0.3 is 20.9 Å². The molecule has 2 heterocycles. The van der Waals surface area contributed by atoms with Crippen LogP contribution >= 0.6 is 11.3 Å². The third-order valence-electron chi connectivity index (χ3n) is 6.47. The summed E-state index contributed by atoms with van der Waals surface area (Å²) in [5, 5.41) is 19.1. The van der Waals surface area contributed by atoms with E-state index in [1.54, 1.807) is 18.2 Å². The minimum atomic E-state index is -0.402. The quantitative estimate of drug-likeness (QED) is 0.402. The molecule has 0 unspecified atom stereocenters. The van der Waals surface area contributed by atoms with Crippen LogP contribution < -0.4 is 16.0 Å². The second-order valence-corrected chi connectivity index (χ2v) is 9.89. The fourth-order valence-electron chi connectivity index (χ4n) is 4.33. The molecule has 3 N–H and O–H groups in total. The number of nitrogens with one attached hydrogen (secondary N) is 3. The van der Waals surface area contributed by atoms with Crippen molar-refractivity contribution in [1.82, 2.24) is 15.5 Å². The average molecular weight is 516 g/mol. The number of amides is 4. The average Bonchev–Trinajstić information content (AvgIpc) is 3.47. The smallest absolute Gasteiger partial charge is 0.319 e. The Morgan fingerprint density at radius 1 is 1.03 bits per heavy atom. The van der Waals surface area contributed by atoms with Crippen LogP contribution in [0.15, 0.2) is 60.0 Å². The maximum atomic E-state index is 13.2. The summed E-state index contributed by atoms with van der Waals surface area (Å²) in [6, 6.07) is 18.3. The Morgan fingerprint density at radius 2 is 1.76 bits per heavy atom. The summed E-state index contributed by atoms with van der Waals surface area (Å²) >= 11 is 1.36. The Bertz CT molecular complexity index is 1290. The summed E-state index contributed by atoms with van der Waals surface area (Å²) in [6.45, 7) is 3.75. The van der Waals surface area contributed by atoms with Crippen molar-refractivity contribution < 1.29 is 14.4 Å². The lowest BCUT2D eigenvalue weighted by molar-refractivity contribution is 0.0712. The van der Waals surface area contributed by atoms with E-state index in [9.17, 15) is 14.4 Å². The van der Waals surface area contributed by atoms with Crippen molar-refractivity contribution in [2.45, 2.75) is 25.7 Å². The molecule has 1 aliphatic rings. The molecule has 1 aromatic heterocycles. The van der Waals surface area contributed by atoms with E-state index >= 15 is 0 Å². The predicted molar refractivity (Wildman–Crippen MR) is 144 cm³/mol. The molecule has 9 heteroatoms. The molecule has 3 aromatic rings. The summed E-state index contributed by atoms with van der Waals surface area (Å²) in [7, 11) is 0. The largest absolute Gasteiger partial charge is 0.350 e. The van der Waals surface area contributed by atoms with E-state index in [1.807, 2.05) is 53.6 Å². The number of likely N-dealkylation sites (tertiary alicyclic amines) is 1. The summed E-state index contributed by atoms with van der Waals surface area (Å²) in [5.74, 6) is 0.143. The Kier molecular flexibility index (Phi) is 8.54. The number of nitriles is 1. The van der Waals surface area contributed by atoms with E-state index < -0.39 is 6.03 Å². The molecule has 8 nitrogen and oxygen atoms in total. The lowest BCUT2D eigenvalue weighted by Crippen LogP contribution is -2.38. The van der Waals surface area contributed by atoms with E-state index in [0.29, 0.717) is 47.2 Å². The van der Waals surface area contributed by atoms with Crippen molar-refractivity contribution in [3.63, 3.8) is 0 Å². The topological polar surface area (TPSA) is 114 Å². The van der Waals surface area contributed by atoms with Gasteiger partial charge in [0.25, 0.3) is 11.8 Å². The van der Waals surface area contributed by atoms with Crippen LogP contribution in [0.3, 0.4) is 0 Å². The molecular weight excluding hydrogens is 486 g/mol. The summed E-state index contributed by atoms with van der Waals surface area (Å²) < 4.78 is 0. The number of rotatable bonds is 7. The van der Waals surface area contributed by atoms with E-state index in [0.717, 1.165) is 18.4 Å². The number of benzene rings is 2. The van der Waals surface area contributed by atoms with Gasteiger partial charge in [-0.15, -0.1) is 11.3 Å². The molecule has 0 saturated carbocycles. The maximum absolute atomic E-state index is 13.2. The molecular formula is C28H29N5O3S. The molecule has 0 aliphatic carbocycles. The van der Waals surface area contributed by atoms with Crippen LogP contribution in [0, 0.1) is 18.3 Å². The molecule has 0 spiro atoms. The number of thiophene rings is 1. The predicted octanol–water partition coefficient (Wildman–Crippen LogP) is 4.50. The molecule has 0 atom stereocenters. The zero-order valence-corrected chi connectivity index (χ0v) is 21.4. The van der Waals surface area contributed by atoms with Crippen LogP contribution in [0.5, 0.6) is 0 Å². The monoisotopic (exact) mass is 515 g/mol. The lowest BCUT2D eigenvalue weighted by Gasteiger charge is -2.32. The van der Waals surface area contributed by atoms with E-state index in [-0.39, 0.29) is 18.4 Å². The first-order chi connectivity index (χ1) is 17.9. The third-order valence-corrected chi connectivity index (χ3v) is 7.34. The standard InChI is InChI=1S/C28H29N5O3S/c1-19-4-7-23(17-24(19)32-28(36)31-13-12-30-26(34)25-3-2-16-37-25)27(35)33-14-10-22(11-15-33)21-8-5-20(18-29)6-9-21/h2-9,16-17,22H,10-15H2,1H3,(H,30,34)(H2,31,32,36). The molecule has 0 bridgehead atoms. The lowest BCUT2D eigenvalue weighted by atomic mass is 9.89. The van der Waals surface area contributed by atoms with Crippen molar-refractivity contribution in [3.8, 4) is 6.07 Å². The van der Waals surface area contributed by atoms with Gasteiger partial charge in [-0.25, -0.2) is 4.79 Å². The number of urea groups is 1. The number of aryl methyl sites for hydroxylation is 1. The van der Waals surface area contributed by atoms with Crippen LogP contribution in [0.2, 0.25) is 0 Å². The van der Waals surface area contributed by atoms with Gasteiger partial charge in [0.2, 0.25) is 0 Å². The molecule has 1 saturated heterocycles. The van der Waals surface area contributed by atoms with Gasteiger partial charge in [-0.05, 0) is 72.5 Å². The van der Waals surface area contributed by atoms with Gasteiger partial charge in [0.05, 0.1) is 16.5 Å². The van der Waals surface area contributed by atoms with Crippen molar-refractivity contribution in [3.05, 3.63) is 87.1 Å². The molecule has 1 aliphatic heterocycles. The summed E-state index contributed by atoms with van der Waals surface area (Å²) in [5.41, 5.74) is 3.79. The number of hydrogen-bond acceptors (Lipinski definition) is 5. The van der Waals surface area contributed by atoms with Crippen LogP contribution in [0.25, 0.3) is 0 Å². The fourth-order valence-corrected chi connectivity index (χ4v) is 4.97. The number of nitrogens with zero attached hydrogens (tertiary/aromatic N) is 2. The van der Waals surface area contributed by atoms with Gasteiger partial charge in [-0.2, -0.15) is 5.26 Å². The molecule has 2 aromatic carbocycles. The van der Waals surface area contributed by atoms with Crippen molar-refractivity contribution in [1.29, 1.82) is 5.26 Å². The Balaban J connectivity index is 1.27. The first-order valence-electron chi connectivity index (χ1n) is 12.2. The van der Waals surface area contributed by atoms with Crippen LogP contribution in [-0.4, -0.2) is 48.9 Å². The normalized spacial score (nSPS) is 13.5. The van der Waals surface area contributed by atoms with Crippen molar-refractivity contribution in [2.75, 3.05) is 31.5 Å². The van der Waals surface area contributed by atoms with Crippen molar-refractivity contribution in [2.24, 2.45) is 0 Å². The third kappa shape index (κ3) is 6.74. The van der Waals surface area contributed by atoms with Crippen molar-refractivity contribution >= 4 is 34.9 Å². The van der Waals surface area contributed by atoms with Gasteiger partial charge >= 0.3 is 6.03 Å².